The van der Waals surface area contributed by atoms with Crippen molar-refractivity contribution in [2.75, 3.05) is 6.54 Å². The number of carbonyl (C=O) groups is 3. The van der Waals surface area contributed by atoms with Gasteiger partial charge < -0.3 is 33.6 Å². The summed E-state index contributed by atoms with van der Waals surface area (Å²) in [6, 6.07) is -2.40. The minimum absolute atomic E-state index is 0.0466. The van der Waals surface area contributed by atoms with Gasteiger partial charge >= 0.3 is 0 Å². The summed E-state index contributed by atoms with van der Waals surface area (Å²) in [6.45, 7) is 8.06. The summed E-state index contributed by atoms with van der Waals surface area (Å²) in [5.41, 5.74) is 21.9. The normalized spacial score (nSPS) is 14.2. The highest BCUT2D eigenvalue weighted by atomic mass is 16.2. The molecule has 0 bridgehead atoms. The van der Waals surface area contributed by atoms with Gasteiger partial charge in [-0.3, -0.25) is 19.4 Å². The molecular formula is C18H37N7O3. The Hall–Kier alpha value is -2.36. The largest absolute Gasteiger partial charge is 0.370 e. The molecule has 0 spiro atoms. The van der Waals surface area contributed by atoms with Crippen molar-refractivity contribution >= 4 is 23.7 Å². The zero-order valence-electron chi connectivity index (χ0n) is 17.4. The molecule has 0 saturated heterocycles. The molecule has 0 aliphatic heterocycles. The van der Waals surface area contributed by atoms with E-state index in [1.165, 1.54) is 0 Å². The van der Waals surface area contributed by atoms with Crippen molar-refractivity contribution in [3.8, 4) is 0 Å². The summed E-state index contributed by atoms with van der Waals surface area (Å²) in [5, 5.41) is 5.30. The molecular weight excluding hydrogens is 362 g/mol. The van der Waals surface area contributed by atoms with Gasteiger partial charge in [0.1, 0.15) is 12.1 Å². The van der Waals surface area contributed by atoms with E-state index < -0.39 is 35.8 Å². The average Bonchev–Trinajstić information content (AvgIpc) is 2.55. The number of carbonyl (C=O) groups excluding carboxylic acids is 3. The smallest absolute Gasteiger partial charge is 0.243 e. The molecule has 10 N–H and O–H groups in total. The Labute approximate surface area is 167 Å². The molecule has 0 aliphatic carbocycles. The van der Waals surface area contributed by atoms with E-state index in [4.69, 9.17) is 22.9 Å². The van der Waals surface area contributed by atoms with Crippen LogP contribution in [0.25, 0.3) is 0 Å². The minimum atomic E-state index is -0.867. The van der Waals surface area contributed by atoms with E-state index in [0.29, 0.717) is 25.8 Å². The third-order valence-electron chi connectivity index (χ3n) is 4.01. The third kappa shape index (κ3) is 11.4. The maximum atomic E-state index is 12.7. The molecule has 162 valence electrons. The highest BCUT2D eigenvalue weighted by Crippen LogP contribution is 2.08. The Bertz CT molecular complexity index is 545. The van der Waals surface area contributed by atoms with Crippen LogP contribution in [0.1, 0.15) is 53.4 Å². The molecule has 0 aliphatic rings. The Kier molecular flexibility index (Phi) is 11.8. The number of primary amides is 1. The molecule has 3 atom stereocenters. The van der Waals surface area contributed by atoms with E-state index in [0.717, 1.165) is 0 Å². The molecule has 0 rings (SSSR count). The van der Waals surface area contributed by atoms with Crippen LogP contribution in [0.5, 0.6) is 0 Å². The lowest BCUT2D eigenvalue weighted by Gasteiger charge is -2.24. The summed E-state index contributed by atoms with van der Waals surface area (Å²) in [6.07, 6.45) is 1.64. The number of rotatable bonds is 13. The van der Waals surface area contributed by atoms with Crippen LogP contribution in [0.2, 0.25) is 0 Å². The Balaban J connectivity index is 5.12. The zero-order chi connectivity index (χ0) is 21.9. The molecule has 10 nitrogen and oxygen atoms in total. The fourth-order valence-corrected chi connectivity index (χ4v) is 2.66. The number of aliphatic imine (C=N–C) groups is 1. The number of amides is 3. The van der Waals surface area contributed by atoms with Crippen LogP contribution in [0, 0.1) is 11.8 Å². The van der Waals surface area contributed by atoms with E-state index in [1.54, 1.807) is 0 Å². The number of nitrogens with zero attached hydrogens (tertiary/aromatic N) is 1. The van der Waals surface area contributed by atoms with Gasteiger partial charge in [0, 0.05) is 6.54 Å². The van der Waals surface area contributed by atoms with Crippen molar-refractivity contribution in [3.05, 3.63) is 0 Å². The second-order valence-electron chi connectivity index (χ2n) is 7.84. The maximum absolute atomic E-state index is 12.7. The summed E-state index contributed by atoms with van der Waals surface area (Å²) < 4.78 is 0. The number of nitrogens with one attached hydrogen (secondary N) is 2. The van der Waals surface area contributed by atoms with Crippen LogP contribution < -0.4 is 33.6 Å². The molecule has 0 heterocycles. The monoisotopic (exact) mass is 399 g/mol. The van der Waals surface area contributed by atoms with Crippen LogP contribution >= 0.6 is 0 Å². The second-order valence-corrected chi connectivity index (χ2v) is 7.84. The van der Waals surface area contributed by atoms with Gasteiger partial charge in [0.25, 0.3) is 0 Å². The summed E-state index contributed by atoms with van der Waals surface area (Å²) in [7, 11) is 0. The highest BCUT2D eigenvalue weighted by Gasteiger charge is 2.27. The first-order chi connectivity index (χ1) is 12.9. The van der Waals surface area contributed by atoms with Gasteiger partial charge in [0.2, 0.25) is 17.7 Å². The third-order valence-corrected chi connectivity index (χ3v) is 4.01. The van der Waals surface area contributed by atoms with E-state index in [2.05, 4.69) is 15.6 Å². The standard InChI is InChI=1S/C18H37N7O3/c1-10(2)8-12(19)16(27)24-13(6-5-7-23-18(21)22)17(28)25-14(15(20)26)9-11(3)4/h10-14H,5-9,19H2,1-4H3,(H2,20,26)(H,24,27)(H,25,28)(H4,21,22,23)/t12-,13-,14-/m0/s1. The summed E-state index contributed by atoms with van der Waals surface area (Å²) in [4.78, 5) is 40.5. The van der Waals surface area contributed by atoms with Crippen molar-refractivity contribution in [2.24, 2.45) is 39.8 Å². The van der Waals surface area contributed by atoms with Crippen LogP contribution in [-0.4, -0.2) is 48.4 Å². The molecule has 0 aromatic heterocycles. The van der Waals surface area contributed by atoms with Gasteiger partial charge in [-0.15, -0.1) is 0 Å². The van der Waals surface area contributed by atoms with Gasteiger partial charge in [0.05, 0.1) is 6.04 Å². The molecule has 3 amide bonds. The number of hydrogen-bond acceptors (Lipinski definition) is 5. The molecule has 0 radical (unpaired) electrons. The van der Waals surface area contributed by atoms with E-state index in [9.17, 15) is 14.4 Å². The lowest BCUT2D eigenvalue weighted by molar-refractivity contribution is -0.132. The van der Waals surface area contributed by atoms with E-state index >= 15 is 0 Å². The quantitative estimate of drug-likeness (QED) is 0.129. The van der Waals surface area contributed by atoms with Crippen molar-refractivity contribution in [1.82, 2.24) is 10.6 Å². The number of guanidine groups is 1. The first kappa shape index (κ1) is 25.6. The Morgan fingerprint density at radius 3 is 1.86 bits per heavy atom. The first-order valence-corrected chi connectivity index (χ1v) is 9.65. The molecule has 0 saturated carbocycles. The van der Waals surface area contributed by atoms with Gasteiger partial charge in [-0.05, 0) is 37.5 Å². The van der Waals surface area contributed by atoms with Gasteiger partial charge in [0.15, 0.2) is 5.96 Å². The van der Waals surface area contributed by atoms with Gasteiger partial charge in [-0.25, -0.2) is 0 Å². The van der Waals surface area contributed by atoms with Gasteiger partial charge in [-0.1, -0.05) is 27.7 Å². The predicted molar refractivity (Wildman–Crippen MR) is 110 cm³/mol. The molecule has 28 heavy (non-hydrogen) atoms. The lowest BCUT2D eigenvalue weighted by Crippen LogP contribution is -2.55. The van der Waals surface area contributed by atoms with Crippen molar-refractivity contribution < 1.29 is 14.4 Å². The highest BCUT2D eigenvalue weighted by molar-refractivity contribution is 5.92. The van der Waals surface area contributed by atoms with E-state index in [-0.39, 0.29) is 24.2 Å². The molecule has 0 aromatic rings. The maximum Gasteiger partial charge on any atom is 0.243 e. The fraction of sp³-hybridized carbons (Fsp3) is 0.778. The molecule has 0 aromatic carbocycles. The fourth-order valence-electron chi connectivity index (χ4n) is 2.66. The molecule has 0 unspecified atom stereocenters. The zero-order valence-corrected chi connectivity index (χ0v) is 17.4. The second kappa shape index (κ2) is 12.9. The number of nitrogens with two attached hydrogens (primary N) is 4. The van der Waals surface area contributed by atoms with Crippen molar-refractivity contribution in [2.45, 2.75) is 71.5 Å². The SMILES string of the molecule is CC(C)C[C@H](NC(=O)[C@H](CCCN=C(N)N)NC(=O)[C@@H](N)CC(C)C)C(N)=O. The Morgan fingerprint density at radius 1 is 0.857 bits per heavy atom. The van der Waals surface area contributed by atoms with Crippen molar-refractivity contribution in [3.63, 3.8) is 0 Å². The van der Waals surface area contributed by atoms with Crippen LogP contribution in [0.15, 0.2) is 4.99 Å². The molecule has 0 fully saturated rings. The summed E-state index contributed by atoms with van der Waals surface area (Å²) in [5.74, 6) is -1.18. The van der Waals surface area contributed by atoms with Gasteiger partial charge in [-0.2, -0.15) is 0 Å². The lowest BCUT2D eigenvalue weighted by atomic mass is 10.0. The van der Waals surface area contributed by atoms with Crippen molar-refractivity contribution in [1.29, 1.82) is 0 Å². The van der Waals surface area contributed by atoms with Crippen LogP contribution in [-0.2, 0) is 14.4 Å². The topological polar surface area (TPSA) is 192 Å². The first-order valence-electron chi connectivity index (χ1n) is 9.65. The summed E-state index contributed by atoms with van der Waals surface area (Å²) >= 11 is 0. The van der Waals surface area contributed by atoms with E-state index in [1.807, 2.05) is 27.7 Å². The predicted octanol–water partition coefficient (Wildman–Crippen LogP) is -1.09. The van der Waals surface area contributed by atoms with Crippen LogP contribution in [0.3, 0.4) is 0 Å². The van der Waals surface area contributed by atoms with Crippen LogP contribution in [0.4, 0.5) is 0 Å². The minimum Gasteiger partial charge on any atom is -0.370 e. The average molecular weight is 400 g/mol. The number of hydrogen-bond donors (Lipinski definition) is 6. The molecule has 10 heteroatoms. The Morgan fingerprint density at radius 2 is 1.39 bits per heavy atom.